The van der Waals surface area contributed by atoms with E-state index in [0.29, 0.717) is 11.9 Å². The van der Waals surface area contributed by atoms with Crippen LogP contribution in [0.15, 0.2) is 42.6 Å². The van der Waals surface area contributed by atoms with E-state index in [2.05, 4.69) is 22.4 Å². The first-order chi connectivity index (χ1) is 9.71. The maximum Gasteiger partial charge on any atom is 0.123 e. The molecule has 0 fully saturated rings. The molecule has 0 aliphatic heterocycles. The summed E-state index contributed by atoms with van der Waals surface area (Å²) < 4.78 is 5.17. The largest absolute Gasteiger partial charge is 0.497 e. The zero-order valence-corrected chi connectivity index (χ0v) is 12.0. The van der Waals surface area contributed by atoms with E-state index >= 15 is 0 Å². The lowest BCUT2D eigenvalue weighted by Crippen LogP contribution is -2.29. The van der Waals surface area contributed by atoms with Gasteiger partial charge in [0.1, 0.15) is 11.6 Å². The van der Waals surface area contributed by atoms with Crippen LogP contribution in [0, 0.1) is 0 Å². The molecule has 20 heavy (non-hydrogen) atoms. The quantitative estimate of drug-likeness (QED) is 0.844. The molecule has 1 unspecified atom stereocenters. The molecule has 0 aliphatic carbocycles. The average Bonchev–Trinajstić information content (AvgIpc) is 2.47. The van der Waals surface area contributed by atoms with Crippen molar-refractivity contribution in [1.82, 2.24) is 10.3 Å². The predicted molar refractivity (Wildman–Crippen MR) is 81.9 cm³/mol. The van der Waals surface area contributed by atoms with Crippen molar-refractivity contribution in [1.29, 1.82) is 0 Å². The lowest BCUT2D eigenvalue weighted by molar-refractivity contribution is 0.414. The highest BCUT2D eigenvalue weighted by molar-refractivity contribution is 5.33. The van der Waals surface area contributed by atoms with E-state index < -0.39 is 0 Å². The summed E-state index contributed by atoms with van der Waals surface area (Å²) in [5.41, 5.74) is 8.20. The second-order valence-corrected chi connectivity index (χ2v) is 4.83. The van der Waals surface area contributed by atoms with Crippen LogP contribution in [0.2, 0.25) is 0 Å². The fourth-order valence-corrected chi connectivity index (χ4v) is 2.23. The smallest absolute Gasteiger partial charge is 0.123 e. The molecule has 4 heteroatoms. The number of likely N-dealkylation sites (N-methyl/N-ethyl adjacent to an activating group) is 1. The van der Waals surface area contributed by atoms with Crippen molar-refractivity contribution in [3.63, 3.8) is 0 Å². The predicted octanol–water partition coefficient (Wildman–Crippen LogP) is 2.05. The third-order valence-corrected chi connectivity index (χ3v) is 3.38. The fraction of sp³-hybridized carbons (Fsp3) is 0.312. The highest BCUT2D eigenvalue weighted by atomic mass is 16.5. The minimum atomic E-state index is 0.366. The Morgan fingerprint density at radius 2 is 1.85 bits per heavy atom. The highest BCUT2D eigenvalue weighted by Gasteiger charge is 2.09. The first-order valence-electron chi connectivity index (χ1n) is 6.72. The number of nitrogens with two attached hydrogens (primary N) is 1. The summed E-state index contributed by atoms with van der Waals surface area (Å²) in [5, 5.41) is 3.35. The molecule has 2 aromatic rings. The van der Waals surface area contributed by atoms with E-state index in [4.69, 9.17) is 10.5 Å². The SMILES string of the molecule is CNC(Cc1ccc(OC)cc1)Cc1ccnc(N)c1. The maximum atomic E-state index is 5.71. The fourth-order valence-electron chi connectivity index (χ4n) is 2.23. The monoisotopic (exact) mass is 271 g/mol. The molecule has 0 saturated carbocycles. The van der Waals surface area contributed by atoms with E-state index in [1.165, 1.54) is 11.1 Å². The van der Waals surface area contributed by atoms with Gasteiger partial charge in [-0.3, -0.25) is 0 Å². The van der Waals surface area contributed by atoms with Crippen LogP contribution in [0.4, 0.5) is 5.82 Å². The number of pyridine rings is 1. The van der Waals surface area contributed by atoms with E-state index in [-0.39, 0.29) is 0 Å². The maximum absolute atomic E-state index is 5.71. The Kier molecular flexibility index (Phi) is 4.96. The zero-order valence-electron chi connectivity index (χ0n) is 12.0. The normalized spacial score (nSPS) is 12.1. The van der Waals surface area contributed by atoms with Crippen LogP contribution in [0.3, 0.4) is 0 Å². The van der Waals surface area contributed by atoms with Crippen LogP contribution in [0.5, 0.6) is 5.75 Å². The van der Waals surface area contributed by atoms with Gasteiger partial charge in [0.25, 0.3) is 0 Å². The Labute approximate surface area is 120 Å². The Morgan fingerprint density at radius 3 is 2.45 bits per heavy atom. The van der Waals surface area contributed by atoms with Crippen molar-refractivity contribution in [2.75, 3.05) is 19.9 Å². The van der Waals surface area contributed by atoms with Crippen LogP contribution < -0.4 is 15.8 Å². The van der Waals surface area contributed by atoms with Gasteiger partial charge in [0, 0.05) is 12.2 Å². The van der Waals surface area contributed by atoms with E-state index in [1.54, 1.807) is 13.3 Å². The molecule has 1 atom stereocenters. The molecule has 0 spiro atoms. The third kappa shape index (κ3) is 3.96. The van der Waals surface area contributed by atoms with E-state index in [9.17, 15) is 0 Å². The number of anilines is 1. The number of rotatable bonds is 6. The van der Waals surface area contributed by atoms with E-state index in [1.807, 2.05) is 31.3 Å². The molecule has 1 aromatic carbocycles. The van der Waals surface area contributed by atoms with Gasteiger partial charge in [-0.1, -0.05) is 12.1 Å². The Balaban J connectivity index is 2.01. The van der Waals surface area contributed by atoms with E-state index in [0.717, 1.165) is 18.6 Å². The summed E-state index contributed by atoms with van der Waals surface area (Å²) in [5.74, 6) is 1.46. The highest BCUT2D eigenvalue weighted by Crippen LogP contribution is 2.14. The second-order valence-electron chi connectivity index (χ2n) is 4.83. The first kappa shape index (κ1) is 14.3. The van der Waals surface area contributed by atoms with Gasteiger partial charge in [0.05, 0.1) is 7.11 Å². The molecule has 1 heterocycles. The molecule has 1 aromatic heterocycles. The van der Waals surface area contributed by atoms with Crippen molar-refractivity contribution in [2.24, 2.45) is 0 Å². The van der Waals surface area contributed by atoms with Gasteiger partial charge in [-0.2, -0.15) is 0 Å². The number of ether oxygens (including phenoxy) is 1. The Hall–Kier alpha value is -2.07. The van der Waals surface area contributed by atoms with Gasteiger partial charge in [0.2, 0.25) is 0 Å². The summed E-state index contributed by atoms with van der Waals surface area (Å²) in [7, 11) is 3.66. The van der Waals surface area contributed by atoms with Crippen LogP contribution >= 0.6 is 0 Å². The van der Waals surface area contributed by atoms with Crippen molar-refractivity contribution in [3.05, 3.63) is 53.7 Å². The molecule has 106 valence electrons. The number of hydrogen-bond acceptors (Lipinski definition) is 4. The zero-order chi connectivity index (χ0) is 14.4. The number of nitrogens with zero attached hydrogens (tertiary/aromatic N) is 1. The minimum Gasteiger partial charge on any atom is -0.497 e. The van der Waals surface area contributed by atoms with Crippen molar-refractivity contribution >= 4 is 5.82 Å². The van der Waals surface area contributed by atoms with Crippen LogP contribution in [-0.2, 0) is 12.8 Å². The molecular formula is C16H21N3O. The molecular weight excluding hydrogens is 250 g/mol. The van der Waals surface area contributed by atoms with Gasteiger partial charge < -0.3 is 15.8 Å². The first-order valence-corrected chi connectivity index (χ1v) is 6.72. The molecule has 0 aliphatic rings. The minimum absolute atomic E-state index is 0.366. The topological polar surface area (TPSA) is 60.2 Å². The lowest BCUT2D eigenvalue weighted by atomic mass is 9.99. The van der Waals surface area contributed by atoms with Gasteiger partial charge in [-0.15, -0.1) is 0 Å². The number of nitrogens with one attached hydrogen (secondary N) is 1. The molecule has 0 bridgehead atoms. The Morgan fingerprint density at radius 1 is 1.15 bits per heavy atom. The lowest BCUT2D eigenvalue weighted by Gasteiger charge is -2.16. The molecule has 0 radical (unpaired) electrons. The molecule has 0 amide bonds. The van der Waals surface area contributed by atoms with Gasteiger partial charge in [-0.05, 0) is 55.3 Å². The summed E-state index contributed by atoms with van der Waals surface area (Å²) in [6.07, 6.45) is 3.64. The molecule has 4 nitrogen and oxygen atoms in total. The number of aromatic nitrogens is 1. The summed E-state index contributed by atoms with van der Waals surface area (Å²) >= 11 is 0. The summed E-state index contributed by atoms with van der Waals surface area (Å²) in [6, 6.07) is 12.5. The van der Waals surface area contributed by atoms with Crippen molar-refractivity contribution < 1.29 is 4.74 Å². The number of benzene rings is 1. The number of methoxy groups -OCH3 is 1. The van der Waals surface area contributed by atoms with Gasteiger partial charge in [-0.25, -0.2) is 4.98 Å². The van der Waals surface area contributed by atoms with Crippen LogP contribution in [0.1, 0.15) is 11.1 Å². The van der Waals surface area contributed by atoms with Crippen molar-refractivity contribution in [2.45, 2.75) is 18.9 Å². The molecule has 0 saturated heterocycles. The molecule has 3 N–H and O–H groups in total. The average molecular weight is 271 g/mol. The summed E-state index contributed by atoms with van der Waals surface area (Å²) in [4.78, 5) is 4.02. The van der Waals surface area contributed by atoms with Crippen molar-refractivity contribution in [3.8, 4) is 5.75 Å². The second kappa shape index (κ2) is 6.91. The van der Waals surface area contributed by atoms with Gasteiger partial charge >= 0.3 is 0 Å². The Bertz CT molecular complexity index is 540. The van der Waals surface area contributed by atoms with Crippen LogP contribution in [-0.4, -0.2) is 25.2 Å². The third-order valence-electron chi connectivity index (χ3n) is 3.38. The summed E-state index contributed by atoms with van der Waals surface area (Å²) in [6.45, 7) is 0. The van der Waals surface area contributed by atoms with Crippen LogP contribution in [0.25, 0.3) is 0 Å². The molecule has 2 rings (SSSR count). The number of nitrogen functional groups attached to an aromatic ring is 1. The standard InChI is InChI=1S/C16H21N3O/c1-18-14(10-13-7-8-19-16(17)11-13)9-12-3-5-15(20-2)6-4-12/h3-8,11,14,18H,9-10H2,1-2H3,(H2,17,19). The van der Waals surface area contributed by atoms with Gasteiger partial charge in [0.15, 0.2) is 0 Å². The number of hydrogen-bond donors (Lipinski definition) is 2.